The maximum Gasteiger partial charge on any atom is 0.220 e. The highest BCUT2D eigenvalue weighted by atomic mass is 35.5. The number of hydrogen-bond acceptors (Lipinski definition) is 3. The number of hydrogen-bond donors (Lipinski definition) is 1. The number of anilines is 1. The highest BCUT2D eigenvalue weighted by molar-refractivity contribution is 6.33. The van der Waals surface area contributed by atoms with Crippen LogP contribution in [0.1, 0.15) is 12.6 Å². The number of benzene rings is 1. The predicted molar refractivity (Wildman–Crippen MR) is 66.3 cm³/mol. The van der Waals surface area contributed by atoms with E-state index < -0.39 is 0 Å². The summed E-state index contributed by atoms with van der Waals surface area (Å²) in [6.45, 7) is 2.03. The van der Waals surface area contributed by atoms with E-state index in [1.165, 1.54) is 0 Å². The molecule has 1 aromatic heterocycles. The molecule has 0 aliphatic rings. The van der Waals surface area contributed by atoms with Crippen LogP contribution in [-0.2, 0) is 6.42 Å². The summed E-state index contributed by atoms with van der Waals surface area (Å²) in [6.07, 6.45) is 0.824. The Bertz CT molecular complexity index is 511. The Kier molecular flexibility index (Phi) is 3.06. The van der Waals surface area contributed by atoms with Crippen LogP contribution >= 0.6 is 11.6 Å². The molecule has 1 heterocycles. The summed E-state index contributed by atoms with van der Waals surface area (Å²) in [6, 6.07) is 9.48. The third-order valence-corrected chi connectivity index (χ3v) is 2.64. The summed E-state index contributed by atoms with van der Waals surface area (Å²) in [7, 11) is 0. The van der Waals surface area contributed by atoms with E-state index in [2.05, 4.69) is 9.97 Å². The van der Waals surface area contributed by atoms with Crippen LogP contribution in [-0.4, -0.2) is 9.97 Å². The molecule has 4 heteroatoms. The van der Waals surface area contributed by atoms with Crippen molar-refractivity contribution in [1.82, 2.24) is 9.97 Å². The third-order valence-electron chi connectivity index (χ3n) is 2.31. The molecule has 0 aliphatic heterocycles. The van der Waals surface area contributed by atoms with Crippen molar-refractivity contribution in [2.75, 3.05) is 5.73 Å². The van der Waals surface area contributed by atoms with Gasteiger partial charge in [-0.05, 0) is 18.6 Å². The van der Waals surface area contributed by atoms with Crippen LogP contribution in [0.3, 0.4) is 0 Å². The molecule has 0 aliphatic carbocycles. The predicted octanol–water partition coefficient (Wildman–Crippen LogP) is 2.94. The highest BCUT2D eigenvalue weighted by Gasteiger charge is 2.06. The van der Waals surface area contributed by atoms with Gasteiger partial charge in [-0.1, -0.05) is 36.7 Å². The van der Waals surface area contributed by atoms with Gasteiger partial charge in [0.05, 0.1) is 5.69 Å². The lowest BCUT2D eigenvalue weighted by Crippen LogP contribution is -2.00. The van der Waals surface area contributed by atoms with E-state index in [0.29, 0.717) is 5.02 Å². The molecular formula is C12H12ClN3. The monoisotopic (exact) mass is 233 g/mol. The summed E-state index contributed by atoms with van der Waals surface area (Å²) in [5.41, 5.74) is 8.23. The van der Waals surface area contributed by atoms with Gasteiger partial charge < -0.3 is 5.73 Å². The van der Waals surface area contributed by atoms with Gasteiger partial charge in [-0.15, -0.1) is 0 Å². The van der Waals surface area contributed by atoms with E-state index in [4.69, 9.17) is 17.3 Å². The molecule has 0 fully saturated rings. The SMILES string of the molecule is CCc1cc(-c2ccccc2Cl)nc(N)n1. The van der Waals surface area contributed by atoms with Crippen LogP contribution < -0.4 is 5.73 Å². The van der Waals surface area contributed by atoms with Crippen molar-refractivity contribution in [3.8, 4) is 11.3 Å². The second-order valence-corrected chi connectivity index (χ2v) is 3.84. The summed E-state index contributed by atoms with van der Waals surface area (Å²) >= 11 is 6.11. The van der Waals surface area contributed by atoms with Gasteiger partial charge in [-0.3, -0.25) is 0 Å². The number of halogens is 1. The van der Waals surface area contributed by atoms with Crippen LogP contribution in [0.4, 0.5) is 5.95 Å². The topological polar surface area (TPSA) is 51.8 Å². The van der Waals surface area contributed by atoms with E-state index in [1.54, 1.807) is 0 Å². The molecule has 2 rings (SSSR count). The summed E-state index contributed by atoms with van der Waals surface area (Å²) in [5.74, 6) is 0.286. The minimum absolute atomic E-state index is 0.286. The zero-order chi connectivity index (χ0) is 11.5. The zero-order valence-electron chi connectivity index (χ0n) is 8.94. The standard InChI is InChI=1S/C12H12ClN3/c1-2-8-7-11(16-12(14)15-8)9-5-3-4-6-10(9)13/h3-7H,2H2,1H3,(H2,14,15,16). The maximum absolute atomic E-state index is 6.11. The van der Waals surface area contributed by atoms with E-state index in [1.807, 2.05) is 37.3 Å². The van der Waals surface area contributed by atoms with Crippen molar-refractivity contribution in [2.45, 2.75) is 13.3 Å². The minimum Gasteiger partial charge on any atom is -0.368 e. The van der Waals surface area contributed by atoms with Gasteiger partial charge in [-0.25, -0.2) is 9.97 Å². The molecule has 2 aromatic rings. The number of aromatic nitrogens is 2. The summed E-state index contributed by atoms with van der Waals surface area (Å²) in [5, 5.41) is 0.669. The average molecular weight is 234 g/mol. The number of nitrogens with zero attached hydrogens (tertiary/aromatic N) is 2. The fourth-order valence-corrected chi connectivity index (χ4v) is 1.74. The van der Waals surface area contributed by atoms with Crippen molar-refractivity contribution in [3.05, 3.63) is 41.0 Å². The summed E-state index contributed by atoms with van der Waals surface area (Å²) < 4.78 is 0. The highest BCUT2D eigenvalue weighted by Crippen LogP contribution is 2.26. The van der Waals surface area contributed by atoms with Gasteiger partial charge in [0, 0.05) is 16.3 Å². The molecule has 3 nitrogen and oxygen atoms in total. The molecule has 0 spiro atoms. The number of nitrogens with two attached hydrogens (primary N) is 1. The van der Waals surface area contributed by atoms with Crippen LogP contribution in [0.2, 0.25) is 5.02 Å². The van der Waals surface area contributed by atoms with E-state index in [9.17, 15) is 0 Å². The van der Waals surface area contributed by atoms with Crippen molar-refractivity contribution in [2.24, 2.45) is 0 Å². The van der Waals surface area contributed by atoms with Gasteiger partial charge in [0.2, 0.25) is 5.95 Å². The molecule has 0 bridgehead atoms. The molecule has 0 saturated heterocycles. The van der Waals surface area contributed by atoms with E-state index in [-0.39, 0.29) is 5.95 Å². The molecule has 0 amide bonds. The van der Waals surface area contributed by atoms with Crippen LogP contribution in [0.5, 0.6) is 0 Å². The quantitative estimate of drug-likeness (QED) is 0.868. The van der Waals surface area contributed by atoms with Gasteiger partial charge in [0.25, 0.3) is 0 Å². The fraction of sp³-hybridized carbons (Fsp3) is 0.167. The molecule has 0 unspecified atom stereocenters. The lowest BCUT2D eigenvalue weighted by molar-refractivity contribution is 1.01. The van der Waals surface area contributed by atoms with Gasteiger partial charge >= 0.3 is 0 Å². The average Bonchev–Trinajstić information content (AvgIpc) is 2.28. The first kappa shape index (κ1) is 10.9. The Hall–Kier alpha value is -1.61. The van der Waals surface area contributed by atoms with Gasteiger partial charge in [0.15, 0.2) is 0 Å². The first-order valence-corrected chi connectivity index (χ1v) is 5.47. The number of nitrogen functional groups attached to an aromatic ring is 1. The Labute approximate surface area is 99.3 Å². The van der Waals surface area contributed by atoms with E-state index in [0.717, 1.165) is 23.4 Å². The molecule has 2 N–H and O–H groups in total. The first-order chi connectivity index (χ1) is 7.70. The Morgan fingerprint density at radius 2 is 2.00 bits per heavy atom. The normalized spacial score (nSPS) is 10.4. The second-order valence-electron chi connectivity index (χ2n) is 3.44. The maximum atomic E-state index is 6.11. The lowest BCUT2D eigenvalue weighted by Gasteiger charge is -2.06. The molecule has 1 aromatic carbocycles. The Morgan fingerprint density at radius 3 is 2.69 bits per heavy atom. The molecule has 0 saturated carbocycles. The Balaban J connectivity index is 2.56. The number of rotatable bonds is 2. The molecular weight excluding hydrogens is 222 g/mol. The largest absolute Gasteiger partial charge is 0.368 e. The fourth-order valence-electron chi connectivity index (χ4n) is 1.51. The smallest absolute Gasteiger partial charge is 0.220 e. The van der Waals surface area contributed by atoms with Crippen LogP contribution in [0.15, 0.2) is 30.3 Å². The summed E-state index contributed by atoms with van der Waals surface area (Å²) in [4.78, 5) is 8.33. The van der Waals surface area contributed by atoms with E-state index >= 15 is 0 Å². The van der Waals surface area contributed by atoms with Crippen LogP contribution in [0, 0.1) is 0 Å². The van der Waals surface area contributed by atoms with Crippen LogP contribution in [0.25, 0.3) is 11.3 Å². The lowest BCUT2D eigenvalue weighted by atomic mass is 10.1. The third kappa shape index (κ3) is 2.14. The van der Waals surface area contributed by atoms with Crippen molar-refractivity contribution in [3.63, 3.8) is 0 Å². The first-order valence-electron chi connectivity index (χ1n) is 5.09. The molecule has 0 radical (unpaired) electrons. The Morgan fingerprint density at radius 1 is 1.25 bits per heavy atom. The van der Waals surface area contributed by atoms with Crippen molar-refractivity contribution in [1.29, 1.82) is 0 Å². The molecule has 0 atom stereocenters. The number of aryl methyl sites for hydroxylation is 1. The zero-order valence-corrected chi connectivity index (χ0v) is 9.70. The molecule has 16 heavy (non-hydrogen) atoms. The molecule has 82 valence electrons. The van der Waals surface area contributed by atoms with Crippen molar-refractivity contribution >= 4 is 17.5 Å². The van der Waals surface area contributed by atoms with Gasteiger partial charge in [0.1, 0.15) is 0 Å². The van der Waals surface area contributed by atoms with Crippen molar-refractivity contribution < 1.29 is 0 Å². The second kappa shape index (κ2) is 4.49. The van der Waals surface area contributed by atoms with Gasteiger partial charge in [-0.2, -0.15) is 0 Å². The minimum atomic E-state index is 0.286.